The van der Waals surface area contributed by atoms with E-state index in [-0.39, 0.29) is 18.0 Å². The first-order valence-electron chi connectivity index (χ1n) is 5.35. The van der Waals surface area contributed by atoms with E-state index in [1.54, 1.807) is 4.90 Å². The number of likely N-dealkylation sites (N-methyl/N-ethyl adjacent to an activating group) is 1. The summed E-state index contributed by atoms with van der Waals surface area (Å²) in [4.78, 5) is 26.5. The second kappa shape index (κ2) is 6.06. The fourth-order valence-electron chi connectivity index (χ4n) is 1.94. The van der Waals surface area contributed by atoms with E-state index >= 15 is 0 Å². The first-order valence-corrected chi connectivity index (χ1v) is 5.89. The highest BCUT2D eigenvalue weighted by molar-refractivity contribution is 6.28. The van der Waals surface area contributed by atoms with Gasteiger partial charge in [0, 0.05) is 19.1 Å². The Kier molecular flexibility index (Phi) is 5.02. The summed E-state index contributed by atoms with van der Waals surface area (Å²) in [6.45, 7) is 1.53. The summed E-state index contributed by atoms with van der Waals surface area (Å²) in [7, 11) is 3.94. The molecule has 1 atom stereocenters. The van der Waals surface area contributed by atoms with Crippen molar-refractivity contribution in [1.82, 2.24) is 15.1 Å². The molecule has 1 fully saturated rings. The van der Waals surface area contributed by atoms with Crippen LogP contribution < -0.4 is 5.32 Å². The van der Waals surface area contributed by atoms with Crippen molar-refractivity contribution in [2.24, 2.45) is 0 Å². The summed E-state index contributed by atoms with van der Waals surface area (Å²) >= 11 is 5.33. The zero-order valence-electron chi connectivity index (χ0n) is 9.70. The van der Waals surface area contributed by atoms with Crippen LogP contribution in [0.15, 0.2) is 0 Å². The van der Waals surface area contributed by atoms with Gasteiger partial charge in [-0.15, -0.1) is 11.6 Å². The number of hydrogen-bond donors (Lipinski definition) is 1. The average Bonchev–Trinajstić information content (AvgIpc) is 2.64. The van der Waals surface area contributed by atoms with E-state index in [4.69, 9.17) is 11.6 Å². The van der Waals surface area contributed by atoms with Crippen molar-refractivity contribution in [2.75, 3.05) is 33.1 Å². The van der Waals surface area contributed by atoms with Gasteiger partial charge in [-0.3, -0.25) is 10.1 Å². The average molecular weight is 248 g/mol. The lowest BCUT2D eigenvalue weighted by molar-refractivity contribution is -0.117. The minimum atomic E-state index is -0.442. The number of alkyl halides is 1. The normalized spacial score (nSPS) is 20.2. The molecule has 1 N–H and O–H groups in total. The van der Waals surface area contributed by atoms with E-state index in [1.807, 2.05) is 19.0 Å². The highest BCUT2D eigenvalue weighted by Crippen LogP contribution is 2.17. The highest BCUT2D eigenvalue weighted by atomic mass is 35.5. The van der Waals surface area contributed by atoms with Gasteiger partial charge >= 0.3 is 6.03 Å². The van der Waals surface area contributed by atoms with Crippen molar-refractivity contribution in [3.05, 3.63) is 0 Å². The van der Waals surface area contributed by atoms with Crippen LogP contribution in [0.5, 0.6) is 0 Å². The van der Waals surface area contributed by atoms with Gasteiger partial charge in [-0.05, 0) is 26.9 Å². The zero-order valence-corrected chi connectivity index (χ0v) is 10.5. The van der Waals surface area contributed by atoms with E-state index < -0.39 is 5.91 Å². The third-order valence-corrected chi connectivity index (χ3v) is 2.82. The number of hydrogen-bond acceptors (Lipinski definition) is 3. The molecule has 92 valence electrons. The van der Waals surface area contributed by atoms with Crippen molar-refractivity contribution in [2.45, 2.75) is 18.9 Å². The van der Waals surface area contributed by atoms with Gasteiger partial charge in [-0.1, -0.05) is 0 Å². The molecular formula is C10H18ClN3O2. The predicted octanol–water partition coefficient (Wildman–Crippen LogP) is 0.487. The fourth-order valence-corrected chi connectivity index (χ4v) is 2.01. The quantitative estimate of drug-likeness (QED) is 0.739. The van der Waals surface area contributed by atoms with Crippen LogP contribution in [-0.2, 0) is 4.79 Å². The van der Waals surface area contributed by atoms with Gasteiger partial charge in [0.1, 0.15) is 5.88 Å². The Hall–Kier alpha value is -0.810. The first-order chi connectivity index (χ1) is 7.54. The van der Waals surface area contributed by atoms with E-state index in [0.29, 0.717) is 6.54 Å². The largest absolute Gasteiger partial charge is 0.324 e. The summed E-state index contributed by atoms with van der Waals surface area (Å²) in [5.41, 5.74) is 0. The first kappa shape index (κ1) is 13.3. The maximum absolute atomic E-state index is 11.7. The minimum absolute atomic E-state index is 0.183. The number of amides is 3. The molecule has 0 spiro atoms. The summed E-state index contributed by atoms with van der Waals surface area (Å²) in [5.74, 6) is -0.625. The number of rotatable bonds is 3. The van der Waals surface area contributed by atoms with Crippen molar-refractivity contribution in [3.8, 4) is 0 Å². The zero-order chi connectivity index (χ0) is 12.1. The molecule has 1 unspecified atom stereocenters. The van der Waals surface area contributed by atoms with Gasteiger partial charge in [0.2, 0.25) is 5.91 Å². The van der Waals surface area contributed by atoms with E-state index in [2.05, 4.69) is 5.32 Å². The van der Waals surface area contributed by atoms with Gasteiger partial charge in [-0.25, -0.2) is 4.79 Å². The maximum Gasteiger partial charge on any atom is 0.324 e. The number of likely N-dealkylation sites (tertiary alicyclic amines) is 1. The molecule has 0 radical (unpaired) electrons. The van der Waals surface area contributed by atoms with Crippen LogP contribution in [0.2, 0.25) is 0 Å². The third-order valence-electron chi connectivity index (χ3n) is 2.58. The molecule has 1 rings (SSSR count). The number of urea groups is 1. The maximum atomic E-state index is 11.7. The van der Waals surface area contributed by atoms with E-state index in [9.17, 15) is 9.59 Å². The standard InChI is InChI=1S/C10H18ClN3O2/c1-13(2)7-8-4-3-5-14(8)10(16)12-9(15)6-11/h8H,3-7H2,1-2H3,(H,12,15,16). The second-order valence-electron chi connectivity index (χ2n) is 4.24. The number of nitrogens with one attached hydrogen (secondary N) is 1. The van der Waals surface area contributed by atoms with Gasteiger partial charge < -0.3 is 9.80 Å². The Balaban J connectivity index is 2.50. The van der Waals surface area contributed by atoms with E-state index in [1.165, 1.54) is 0 Å². The molecule has 3 amide bonds. The van der Waals surface area contributed by atoms with Crippen LogP contribution >= 0.6 is 11.6 Å². The third kappa shape index (κ3) is 3.64. The number of carbonyl (C=O) groups excluding carboxylic acids is 2. The van der Waals surface area contributed by atoms with Crippen molar-refractivity contribution in [3.63, 3.8) is 0 Å². The molecular weight excluding hydrogens is 230 g/mol. The van der Waals surface area contributed by atoms with Gasteiger partial charge in [0.15, 0.2) is 0 Å². The SMILES string of the molecule is CN(C)CC1CCCN1C(=O)NC(=O)CCl. The number of carbonyl (C=O) groups is 2. The fraction of sp³-hybridized carbons (Fsp3) is 0.800. The smallest absolute Gasteiger partial charge is 0.320 e. The topological polar surface area (TPSA) is 52.6 Å². The Bertz CT molecular complexity index is 271. The van der Waals surface area contributed by atoms with Crippen LogP contribution in [0.1, 0.15) is 12.8 Å². The van der Waals surface area contributed by atoms with Gasteiger partial charge in [0.25, 0.3) is 0 Å². The molecule has 0 bridgehead atoms. The van der Waals surface area contributed by atoms with Crippen LogP contribution in [0.4, 0.5) is 4.79 Å². The summed E-state index contributed by atoms with van der Waals surface area (Å²) in [6.07, 6.45) is 1.97. The summed E-state index contributed by atoms with van der Waals surface area (Å²) < 4.78 is 0. The highest BCUT2D eigenvalue weighted by Gasteiger charge is 2.29. The van der Waals surface area contributed by atoms with Crippen molar-refractivity contribution in [1.29, 1.82) is 0 Å². The number of imide groups is 1. The summed E-state index contributed by atoms with van der Waals surface area (Å²) in [6, 6.07) is -0.131. The van der Waals surface area contributed by atoms with Crippen molar-refractivity contribution >= 4 is 23.5 Å². The Labute approximate surface area is 101 Å². The van der Waals surface area contributed by atoms with Gasteiger partial charge in [0.05, 0.1) is 0 Å². The van der Waals surface area contributed by atoms with Crippen LogP contribution in [0.25, 0.3) is 0 Å². The molecule has 0 aromatic heterocycles. The Morgan fingerprint density at radius 1 is 1.50 bits per heavy atom. The molecule has 5 nitrogen and oxygen atoms in total. The Morgan fingerprint density at radius 3 is 2.75 bits per heavy atom. The predicted molar refractivity (Wildman–Crippen MR) is 62.5 cm³/mol. The molecule has 0 aromatic carbocycles. The number of nitrogens with zero attached hydrogens (tertiary/aromatic N) is 2. The second-order valence-corrected chi connectivity index (χ2v) is 4.51. The van der Waals surface area contributed by atoms with Crippen LogP contribution in [0, 0.1) is 0 Å². The van der Waals surface area contributed by atoms with E-state index in [0.717, 1.165) is 19.4 Å². The van der Waals surface area contributed by atoms with Gasteiger partial charge in [-0.2, -0.15) is 0 Å². The number of halogens is 1. The minimum Gasteiger partial charge on any atom is -0.320 e. The molecule has 0 aromatic rings. The van der Waals surface area contributed by atoms with Crippen LogP contribution in [-0.4, -0.2) is 60.8 Å². The lowest BCUT2D eigenvalue weighted by Gasteiger charge is -2.26. The molecule has 0 aliphatic carbocycles. The lowest BCUT2D eigenvalue weighted by Crippen LogP contribution is -2.48. The molecule has 1 aliphatic rings. The molecule has 1 heterocycles. The molecule has 0 saturated carbocycles. The monoisotopic (exact) mass is 247 g/mol. The summed E-state index contributed by atoms with van der Waals surface area (Å²) in [5, 5.41) is 2.27. The van der Waals surface area contributed by atoms with Crippen molar-refractivity contribution < 1.29 is 9.59 Å². The molecule has 6 heteroatoms. The Morgan fingerprint density at radius 2 is 2.19 bits per heavy atom. The van der Waals surface area contributed by atoms with Crippen LogP contribution in [0.3, 0.4) is 0 Å². The molecule has 1 aliphatic heterocycles. The molecule has 1 saturated heterocycles. The lowest BCUT2D eigenvalue weighted by atomic mass is 10.2. The molecule has 16 heavy (non-hydrogen) atoms.